The second kappa shape index (κ2) is 4.86. The van der Waals surface area contributed by atoms with Crippen molar-refractivity contribution >= 4 is 26.0 Å². The van der Waals surface area contributed by atoms with E-state index in [0.717, 1.165) is 0 Å². The van der Waals surface area contributed by atoms with E-state index >= 15 is 0 Å². The van der Waals surface area contributed by atoms with E-state index < -0.39 is 9.24 Å². The minimum Gasteiger partial charge on any atom is -0.158 e. The average Bonchev–Trinajstić information content (AvgIpc) is 2.98. The largest absolute Gasteiger partial charge is 0.158 e. The molecular weight excluding hydrogens is 332 g/mol. The van der Waals surface area contributed by atoms with Crippen LogP contribution in [0.1, 0.15) is 73.2 Å². The summed E-state index contributed by atoms with van der Waals surface area (Å²) in [5, 5.41) is 0.450. The van der Waals surface area contributed by atoms with Gasteiger partial charge >= 0.3 is 0 Å². The Morgan fingerprint density at radius 2 is 1.33 bits per heavy atom. The molecular formula is C22H31ClS. The molecule has 24 heavy (non-hydrogen) atoms. The normalized spacial score (nSPS) is 26.8. The van der Waals surface area contributed by atoms with Crippen molar-refractivity contribution in [3.8, 4) is 0 Å². The number of hydrogen-bond acceptors (Lipinski definition) is 0. The van der Waals surface area contributed by atoms with Crippen LogP contribution in [0, 0.1) is 10.8 Å². The smallest absolute Gasteiger partial charge is 0.0477 e. The lowest BCUT2D eigenvalue weighted by Gasteiger charge is -2.34. The van der Waals surface area contributed by atoms with Gasteiger partial charge in [-0.1, -0.05) is 50.0 Å². The second-order valence-electron chi connectivity index (χ2n) is 10.3. The third-order valence-electron chi connectivity index (χ3n) is 6.26. The Balaban J connectivity index is 2.02. The molecule has 3 aliphatic carbocycles. The van der Waals surface area contributed by atoms with E-state index in [1.807, 2.05) is 0 Å². The molecule has 0 saturated heterocycles. The van der Waals surface area contributed by atoms with Gasteiger partial charge in [-0.15, -0.1) is 0 Å². The van der Waals surface area contributed by atoms with Gasteiger partial charge in [0.15, 0.2) is 0 Å². The van der Waals surface area contributed by atoms with Crippen molar-refractivity contribution in [2.45, 2.75) is 65.6 Å². The fourth-order valence-corrected chi connectivity index (χ4v) is 8.07. The molecule has 1 atom stereocenters. The first-order chi connectivity index (χ1) is 10.9. The SMILES string of the molecule is CC1=Cc2c3c(c4c(c2C1S(C)(C)Cl)CC(C)(C)C4)CC(C)(C)C3. The van der Waals surface area contributed by atoms with Crippen LogP contribution in [0.2, 0.25) is 0 Å². The number of benzene rings is 1. The Hall–Kier alpha value is -0.400. The van der Waals surface area contributed by atoms with E-state index in [0.29, 0.717) is 16.1 Å². The summed E-state index contributed by atoms with van der Waals surface area (Å²) in [5.41, 5.74) is 12.2. The molecule has 0 aromatic heterocycles. The summed E-state index contributed by atoms with van der Waals surface area (Å²) in [6.45, 7) is 12.1. The molecule has 0 fully saturated rings. The van der Waals surface area contributed by atoms with E-state index in [2.05, 4.69) is 53.2 Å². The number of fused-ring (bicyclic) bond motifs is 6. The van der Waals surface area contributed by atoms with Crippen LogP contribution in [0.3, 0.4) is 0 Å². The van der Waals surface area contributed by atoms with E-state index in [1.165, 1.54) is 31.3 Å². The zero-order valence-corrected chi connectivity index (χ0v) is 17.8. The molecule has 4 rings (SSSR count). The molecule has 1 aromatic carbocycles. The Kier molecular flexibility index (Phi) is 3.45. The second-order valence-corrected chi connectivity index (χ2v) is 15.7. The van der Waals surface area contributed by atoms with Crippen LogP contribution < -0.4 is 0 Å². The molecule has 0 amide bonds. The van der Waals surface area contributed by atoms with Crippen molar-refractivity contribution in [1.82, 2.24) is 0 Å². The molecule has 0 heterocycles. The Bertz CT molecular complexity index is 774. The van der Waals surface area contributed by atoms with Gasteiger partial charge in [0, 0.05) is 5.25 Å². The van der Waals surface area contributed by atoms with Gasteiger partial charge < -0.3 is 0 Å². The highest BCUT2D eigenvalue weighted by atomic mass is 35.7. The highest BCUT2D eigenvalue weighted by Crippen LogP contribution is 2.67. The predicted molar refractivity (Wildman–Crippen MR) is 111 cm³/mol. The lowest BCUT2D eigenvalue weighted by molar-refractivity contribution is 0.383. The van der Waals surface area contributed by atoms with Crippen LogP contribution in [-0.2, 0) is 25.7 Å². The van der Waals surface area contributed by atoms with Gasteiger partial charge in [0.1, 0.15) is 0 Å². The fraction of sp³-hybridized carbons (Fsp3) is 0.636. The van der Waals surface area contributed by atoms with Gasteiger partial charge in [-0.05, 0) is 89.3 Å². The topological polar surface area (TPSA) is 0 Å². The van der Waals surface area contributed by atoms with Crippen molar-refractivity contribution in [1.29, 1.82) is 0 Å². The van der Waals surface area contributed by atoms with Crippen molar-refractivity contribution in [2.75, 3.05) is 12.5 Å². The molecule has 3 aliphatic rings. The molecule has 0 N–H and O–H groups in total. The van der Waals surface area contributed by atoms with Gasteiger partial charge in [-0.3, -0.25) is 0 Å². The Morgan fingerprint density at radius 1 is 0.875 bits per heavy atom. The molecule has 0 aliphatic heterocycles. The summed E-state index contributed by atoms with van der Waals surface area (Å²) in [6.07, 6.45) is 12.0. The molecule has 0 radical (unpaired) electrons. The third-order valence-corrected chi connectivity index (χ3v) is 8.53. The van der Waals surface area contributed by atoms with Crippen LogP contribution in [0.15, 0.2) is 5.57 Å². The van der Waals surface area contributed by atoms with Crippen molar-refractivity contribution in [3.05, 3.63) is 39.0 Å². The zero-order chi connectivity index (χ0) is 17.7. The van der Waals surface area contributed by atoms with E-state index in [4.69, 9.17) is 10.7 Å². The lowest BCUT2D eigenvalue weighted by atomic mass is 9.88. The van der Waals surface area contributed by atoms with Crippen LogP contribution in [-0.4, -0.2) is 12.5 Å². The Morgan fingerprint density at radius 3 is 1.88 bits per heavy atom. The number of rotatable bonds is 1. The van der Waals surface area contributed by atoms with Crippen molar-refractivity contribution in [3.63, 3.8) is 0 Å². The monoisotopic (exact) mass is 362 g/mol. The maximum absolute atomic E-state index is 6.98. The fourth-order valence-electron chi connectivity index (χ4n) is 5.60. The molecule has 1 unspecified atom stereocenters. The number of hydrogen-bond donors (Lipinski definition) is 0. The van der Waals surface area contributed by atoms with Crippen molar-refractivity contribution in [2.24, 2.45) is 10.8 Å². The van der Waals surface area contributed by atoms with E-state index in [1.54, 1.807) is 33.4 Å². The van der Waals surface area contributed by atoms with Gasteiger partial charge in [0.2, 0.25) is 0 Å². The summed E-state index contributed by atoms with van der Waals surface area (Å²) in [5.74, 6) is 0. The highest BCUT2D eigenvalue weighted by molar-refractivity contribution is 8.50. The minimum atomic E-state index is -1.17. The summed E-state index contributed by atoms with van der Waals surface area (Å²) in [4.78, 5) is 0. The third kappa shape index (κ3) is 2.42. The van der Waals surface area contributed by atoms with Gasteiger partial charge in [0.05, 0.1) is 0 Å². The van der Waals surface area contributed by atoms with Crippen LogP contribution in [0.5, 0.6) is 0 Å². The average molecular weight is 363 g/mol. The van der Waals surface area contributed by atoms with E-state index in [9.17, 15) is 0 Å². The molecule has 0 bridgehead atoms. The molecule has 1 aromatic rings. The molecule has 0 spiro atoms. The van der Waals surface area contributed by atoms with Crippen LogP contribution >= 0.6 is 19.9 Å². The number of halogens is 1. The quantitative estimate of drug-likeness (QED) is 0.527. The molecule has 0 saturated carbocycles. The minimum absolute atomic E-state index is 0.394. The van der Waals surface area contributed by atoms with Crippen molar-refractivity contribution < 1.29 is 0 Å². The first kappa shape index (κ1) is 17.0. The highest BCUT2D eigenvalue weighted by Gasteiger charge is 2.44. The maximum atomic E-state index is 6.98. The first-order valence-corrected chi connectivity index (χ1v) is 12.5. The standard InChI is InChI=1S/C22H31ClS/c1-13-8-14-15-9-21(2,3)10-16(15)17-11-22(4,5)12-18(17)19(14)20(13)24(6,7)23/h8,20H,9-12H2,1-7H3. The maximum Gasteiger partial charge on any atom is 0.0477 e. The van der Waals surface area contributed by atoms with Gasteiger partial charge in [-0.25, -0.2) is 0 Å². The summed E-state index contributed by atoms with van der Waals surface area (Å²) < 4.78 is 0. The summed E-state index contributed by atoms with van der Waals surface area (Å²) >= 11 is 0. The van der Waals surface area contributed by atoms with Crippen LogP contribution in [0.25, 0.3) is 6.08 Å². The van der Waals surface area contributed by atoms with Gasteiger partial charge in [-0.2, -0.15) is 9.24 Å². The van der Waals surface area contributed by atoms with Crippen LogP contribution in [0.4, 0.5) is 0 Å². The lowest BCUT2D eigenvalue weighted by Crippen LogP contribution is -2.12. The van der Waals surface area contributed by atoms with E-state index in [-0.39, 0.29) is 0 Å². The summed E-state index contributed by atoms with van der Waals surface area (Å²) in [7, 11) is 5.82. The molecule has 132 valence electrons. The molecule has 0 nitrogen and oxygen atoms in total. The predicted octanol–water partition coefficient (Wildman–Crippen LogP) is 6.61. The first-order valence-electron chi connectivity index (χ1n) is 9.19. The summed E-state index contributed by atoms with van der Waals surface area (Å²) in [6, 6.07) is 0. The van der Waals surface area contributed by atoms with Gasteiger partial charge in [0.25, 0.3) is 0 Å². The molecule has 2 heteroatoms. The Labute approximate surface area is 153 Å². The zero-order valence-electron chi connectivity index (χ0n) is 16.3.